The quantitative estimate of drug-likeness (QED) is 0.159. The molecule has 0 amide bonds. The number of nitrogens with one attached hydrogen (secondary N) is 2. The maximum atomic E-state index is 4.92. The Morgan fingerprint density at radius 2 is 0.812 bits per heavy atom. The van der Waals surface area contributed by atoms with Crippen molar-refractivity contribution >= 4 is 77.7 Å². The Balaban J connectivity index is 0.987. The standard InChI is InChI=1S/C40H26Br2N6/c41-31-11-1-25(2-12-31)23-43-33-15-5-27(6-16-33)39-45-35-19-9-29(21-37(35)47-39)30-10-20-36-38(22-30)48-40(46-36)28-7-17-34(18-8-28)44-24-26-3-13-32(42)14-4-26/h1-24H,(H,45,47)(H,46,48). The monoisotopic (exact) mass is 748 g/mol. The number of nitrogens with zero attached hydrogens (tertiary/aromatic N) is 4. The predicted molar refractivity (Wildman–Crippen MR) is 205 cm³/mol. The normalized spacial score (nSPS) is 11.8. The third-order valence-corrected chi connectivity index (χ3v) is 9.10. The molecule has 0 aliphatic rings. The zero-order chi connectivity index (χ0) is 32.5. The van der Waals surface area contributed by atoms with E-state index in [1.807, 2.05) is 109 Å². The molecule has 6 nitrogen and oxygen atoms in total. The number of imidazole rings is 2. The Morgan fingerprint density at radius 3 is 1.21 bits per heavy atom. The van der Waals surface area contributed by atoms with Crippen LogP contribution in [0.3, 0.4) is 0 Å². The zero-order valence-electron chi connectivity index (χ0n) is 25.4. The summed E-state index contributed by atoms with van der Waals surface area (Å²) < 4.78 is 2.10. The van der Waals surface area contributed by atoms with Gasteiger partial charge in [0.2, 0.25) is 0 Å². The minimum absolute atomic E-state index is 0.822. The lowest BCUT2D eigenvalue weighted by atomic mass is 10.0. The summed E-state index contributed by atoms with van der Waals surface area (Å²) in [5, 5.41) is 0. The van der Waals surface area contributed by atoms with Crippen molar-refractivity contribution in [2.75, 3.05) is 0 Å². The first-order chi connectivity index (χ1) is 23.5. The van der Waals surface area contributed by atoms with Crippen LogP contribution in [0.1, 0.15) is 11.1 Å². The lowest BCUT2D eigenvalue weighted by Crippen LogP contribution is -1.81. The maximum Gasteiger partial charge on any atom is 0.138 e. The van der Waals surface area contributed by atoms with Gasteiger partial charge in [-0.05, 0) is 119 Å². The Morgan fingerprint density at radius 1 is 0.438 bits per heavy atom. The Hall–Kier alpha value is -5.44. The van der Waals surface area contributed by atoms with Crippen LogP contribution in [-0.2, 0) is 0 Å². The van der Waals surface area contributed by atoms with Gasteiger partial charge >= 0.3 is 0 Å². The van der Waals surface area contributed by atoms with Gasteiger partial charge in [-0.25, -0.2) is 9.97 Å². The fraction of sp³-hybridized carbons (Fsp3) is 0. The summed E-state index contributed by atoms with van der Waals surface area (Å²) in [6, 6.07) is 45.0. The summed E-state index contributed by atoms with van der Waals surface area (Å²) in [6.07, 6.45) is 3.73. The van der Waals surface area contributed by atoms with Crippen LogP contribution in [-0.4, -0.2) is 32.4 Å². The first-order valence-corrected chi connectivity index (χ1v) is 16.9. The zero-order valence-corrected chi connectivity index (χ0v) is 28.6. The number of benzene rings is 6. The van der Waals surface area contributed by atoms with E-state index >= 15 is 0 Å². The molecule has 0 fully saturated rings. The van der Waals surface area contributed by atoms with Crippen LogP contribution in [0.4, 0.5) is 11.4 Å². The van der Waals surface area contributed by atoms with Gasteiger partial charge in [-0.2, -0.15) is 0 Å². The number of rotatable bonds is 7. The van der Waals surface area contributed by atoms with Gasteiger partial charge < -0.3 is 9.97 Å². The summed E-state index contributed by atoms with van der Waals surface area (Å²) in [7, 11) is 0. The third-order valence-electron chi connectivity index (χ3n) is 8.05. The van der Waals surface area contributed by atoms with Gasteiger partial charge in [-0.1, -0.05) is 68.3 Å². The molecule has 0 atom stereocenters. The lowest BCUT2D eigenvalue weighted by molar-refractivity contribution is 1.33. The van der Waals surface area contributed by atoms with Gasteiger partial charge in [0, 0.05) is 32.5 Å². The van der Waals surface area contributed by atoms with E-state index in [2.05, 4.69) is 88.2 Å². The second-order valence-electron chi connectivity index (χ2n) is 11.3. The van der Waals surface area contributed by atoms with E-state index in [1.54, 1.807) is 0 Å². The molecule has 0 radical (unpaired) electrons. The molecule has 2 N–H and O–H groups in total. The number of aromatic nitrogens is 4. The van der Waals surface area contributed by atoms with Gasteiger partial charge in [-0.15, -0.1) is 0 Å². The predicted octanol–water partition coefficient (Wildman–Crippen LogP) is 11.5. The number of aromatic amines is 2. The van der Waals surface area contributed by atoms with E-state index < -0.39 is 0 Å². The molecule has 0 bridgehead atoms. The molecule has 0 saturated carbocycles. The second-order valence-corrected chi connectivity index (χ2v) is 13.2. The van der Waals surface area contributed by atoms with Gasteiger partial charge in [0.25, 0.3) is 0 Å². The van der Waals surface area contributed by atoms with Crippen molar-refractivity contribution in [1.29, 1.82) is 0 Å². The van der Waals surface area contributed by atoms with Crippen molar-refractivity contribution in [2.24, 2.45) is 9.98 Å². The fourth-order valence-electron chi connectivity index (χ4n) is 5.45. The maximum absolute atomic E-state index is 4.92. The second kappa shape index (κ2) is 13.0. The number of hydrogen-bond donors (Lipinski definition) is 2. The van der Waals surface area contributed by atoms with Crippen LogP contribution in [0, 0.1) is 0 Å². The molecule has 8 aromatic rings. The molecule has 8 rings (SSSR count). The lowest BCUT2D eigenvalue weighted by Gasteiger charge is -2.01. The molecule has 230 valence electrons. The summed E-state index contributed by atoms with van der Waals surface area (Å²) in [5.74, 6) is 1.64. The minimum atomic E-state index is 0.822. The van der Waals surface area contributed by atoms with Crippen molar-refractivity contribution in [3.05, 3.63) is 154 Å². The molecule has 0 unspecified atom stereocenters. The highest BCUT2D eigenvalue weighted by Gasteiger charge is 2.10. The molecule has 2 heterocycles. The van der Waals surface area contributed by atoms with Crippen LogP contribution < -0.4 is 0 Å². The molecular formula is C40H26Br2N6. The summed E-state index contributed by atoms with van der Waals surface area (Å²) in [5.41, 5.74) is 11.8. The first kappa shape index (κ1) is 29.9. The van der Waals surface area contributed by atoms with Crippen molar-refractivity contribution in [3.8, 4) is 33.9 Å². The van der Waals surface area contributed by atoms with Crippen LogP contribution >= 0.6 is 31.9 Å². The van der Waals surface area contributed by atoms with Crippen LogP contribution in [0.15, 0.2) is 152 Å². The van der Waals surface area contributed by atoms with Crippen molar-refractivity contribution < 1.29 is 0 Å². The molecule has 48 heavy (non-hydrogen) atoms. The van der Waals surface area contributed by atoms with E-state index in [1.165, 1.54) is 0 Å². The average molecular weight is 750 g/mol. The van der Waals surface area contributed by atoms with Gasteiger partial charge in [0.15, 0.2) is 0 Å². The van der Waals surface area contributed by atoms with E-state index in [0.717, 1.165) is 87.4 Å². The topological polar surface area (TPSA) is 82.1 Å². The highest BCUT2D eigenvalue weighted by molar-refractivity contribution is 9.10. The summed E-state index contributed by atoms with van der Waals surface area (Å²) in [6.45, 7) is 0. The van der Waals surface area contributed by atoms with Crippen LogP contribution in [0.2, 0.25) is 0 Å². The Labute approximate surface area is 293 Å². The number of halogens is 2. The number of fused-ring (bicyclic) bond motifs is 2. The number of aliphatic imine (C=N–C) groups is 2. The van der Waals surface area contributed by atoms with Gasteiger partial charge in [0.1, 0.15) is 11.6 Å². The molecule has 8 heteroatoms. The largest absolute Gasteiger partial charge is 0.338 e. The third kappa shape index (κ3) is 6.53. The van der Waals surface area contributed by atoms with E-state index in [0.29, 0.717) is 0 Å². The number of hydrogen-bond acceptors (Lipinski definition) is 4. The van der Waals surface area contributed by atoms with Crippen molar-refractivity contribution in [2.45, 2.75) is 0 Å². The summed E-state index contributed by atoms with van der Waals surface area (Å²) in [4.78, 5) is 26.0. The molecule has 0 aliphatic carbocycles. The number of H-pyrrole nitrogens is 2. The van der Waals surface area contributed by atoms with Crippen molar-refractivity contribution in [1.82, 2.24) is 19.9 Å². The van der Waals surface area contributed by atoms with E-state index in [4.69, 9.17) is 9.97 Å². The molecule has 0 aliphatic heterocycles. The van der Waals surface area contributed by atoms with Crippen molar-refractivity contribution in [3.63, 3.8) is 0 Å². The molecule has 2 aromatic heterocycles. The van der Waals surface area contributed by atoms with Gasteiger partial charge in [0.05, 0.1) is 33.4 Å². The Bertz CT molecular complexity index is 2260. The first-order valence-electron chi connectivity index (χ1n) is 15.3. The fourth-order valence-corrected chi connectivity index (χ4v) is 5.98. The summed E-state index contributed by atoms with van der Waals surface area (Å²) >= 11 is 6.93. The minimum Gasteiger partial charge on any atom is -0.338 e. The molecule has 0 spiro atoms. The average Bonchev–Trinajstić information content (AvgIpc) is 3.76. The van der Waals surface area contributed by atoms with E-state index in [9.17, 15) is 0 Å². The SMILES string of the molecule is Brc1ccc(C=Nc2ccc(-c3nc4cc(-c5ccc6[nH]c(-c7ccc(N=Cc8ccc(Br)cc8)cc7)nc6c5)ccc4[nH]3)cc2)cc1. The molecule has 0 saturated heterocycles. The highest BCUT2D eigenvalue weighted by Crippen LogP contribution is 2.30. The van der Waals surface area contributed by atoms with E-state index in [-0.39, 0.29) is 0 Å². The smallest absolute Gasteiger partial charge is 0.138 e. The molecular weight excluding hydrogens is 724 g/mol. The Kier molecular flexibility index (Phi) is 8.10. The van der Waals surface area contributed by atoms with Crippen LogP contribution in [0.25, 0.3) is 56.0 Å². The molecule has 6 aromatic carbocycles. The van der Waals surface area contributed by atoms with Crippen LogP contribution in [0.5, 0.6) is 0 Å². The highest BCUT2D eigenvalue weighted by atomic mass is 79.9. The van der Waals surface area contributed by atoms with Gasteiger partial charge in [-0.3, -0.25) is 9.98 Å².